The van der Waals surface area contributed by atoms with Gasteiger partial charge in [-0.05, 0) is 6.92 Å². The lowest BCUT2D eigenvalue weighted by Crippen LogP contribution is -3.00. The van der Waals surface area contributed by atoms with E-state index in [2.05, 4.69) is 15.0 Å². The standard InChI is InChI=1S/C13H23N6O.2ClH/c1-11-12(14)13(17(2)16-11)15-4-3-5-18-6-7-19(10-18)8-9-20;;/h6-7,10,15,20H,3-5,8-9,14H2,1-2H3;2*1H/q+1;;/p-1. The first-order valence-corrected chi connectivity index (χ1v) is 6.80. The maximum absolute atomic E-state index is 8.86. The molecule has 2 rings (SSSR count). The Kier molecular flexibility index (Phi) is 8.93. The number of imidazole rings is 1. The third kappa shape index (κ3) is 5.08. The van der Waals surface area contributed by atoms with Crippen molar-refractivity contribution in [3.05, 3.63) is 24.4 Å². The van der Waals surface area contributed by atoms with Crippen molar-refractivity contribution in [2.45, 2.75) is 26.4 Å². The van der Waals surface area contributed by atoms with Gasteiger partial charge in [0.25, 0.3) is 0 Å². The second kappa shape index (κ2) is 9.55. The molecule has 0 fully saturated rings. The van der Waals surface area contributed by atoms with Gasteiger partial charge in [0.1, 0.15) is 24.8 Å². The Bertz CT molecular complexity index is 569. The van der Waals surface area contributed by atoms with Crippen LogP contribution in [-0.2, 0) is 20.1 Å². The lowest BCUT2D eigenvalue weighted by atomic mass is 10.3. The Morgan fingerprint density at radius 3 is 2.77 bits per heavy atom. The zero-order chi connectivity index (χ0) is 14.5. The number of aryl methyl sites for hydroxylation is 3. The van der Waals surface area contributed by atoms with Gasteiger partial charge in [-0.15, -0.1) is 12.4 Å². The van der Waals surface area contributed by atoms with Crippen molar-refractivity contribution in [1.82, 2.24) is 14.3 Å². The topological polar surface area (TPSA) is 84.9 Å². The summed E-state index contributed by atoms with van der Waals surface area (Å²) in [6.45, 7) is 4.45. The maximum atomic E-state index is 8.86. The normalized spacial score (nSPS) is 9.95. The summed E-state index contributed by atoms with van der Waals surface area (Å²) in [5.41, 5.74) is 7.52. The number of hydrogen-bond acceptors (Lipinski definition) is 4. The number of rotatable bonds is 7. The lowest BCUT2D eigenvalue weighted by Gasteiger charge is -2.06. The quantitative estimate of drug-likeness (QED) is 0.375. The van der Waals surface area contributed by atoms with Gasteiger partial charge in [-0.1, -0.05) is 0 Å². The molecule has 0 atom stereocenters. The van der Waals surface area contributed by atoms with Crippen LogP contribution in [0.1, 0.15) is 12.1 Å². The van der Waals surface area contributed by atoms with Gasteiger partial charge < -0.3 is 28.6 Å². The van der Waals surface area contributed by atoms with Crippen LogP contribution in [0.25, 0.3) is 0 Å². The number of aliphatic hydroxyl groups excluding tert-OH is 1. The number of nitrogen functional groups attached to an aromatic ring is 1. The van der Waals surface area contributed by atoms with Crippen LogP contribution in [-0.4, -0.2) is 32.6 Å². The average molecular weight is 351 g/mol. The van der Waals surface area contributed by atoms with Crippen LogP contribution in [0.5, 0.6) is 0 Å². The SMILES string of the molecule is Cc1nn(C)c(NCCC[n+]2ccn(CCO)c2)c1N.Cl.[Cl-]. The van der Waals surface area contributed by atoms with Gasteiger partial charge in [0.05, 0.1) is 24.5 Å². The molecule has 0 aliphatic heterocycles. The van der Waals surface area contributed by atoms with Crippen LogP contribution in [0.2, 0.25) is 0 Å². The Hall–Kier alpha value is -1.44. The molecule has 0 spiro atoms. The zero-order valence-electron chi connectivity index (χ0n) is 12.9. The smallest absolute Gasteiger partial charge is 0.243 e. The molecular weight excluding hydrogens is 327 g/mol. The van der Waals surface area contributed by atoms with Crippen molar-refractivity contribution in [1.29, 1.82) is 0 Å². The molecule has 0 aliphatic carbocycles. The van der Waals surface area contributed by atoms with Crippen molar-refractivity contribution in [3.8, 4) is 0 Å². The zero-order valence-corrected chi connectivity index (χ0v) is 14.4. The summed E-state index contributed by atoms with van der Waals surface area (Å²) in [6.07, 6.45) is 6.96. The fourth-order valence-electron chi connectivity index (χ4n) is 2.17. The Balaban J connectivity index is 0.00000220. The Morgan fingerprint density at radius 2 is 2.18 bits per heavy atom. The summed E-state index contributed by atoms with van der Waals surface area (Å²) < 4.78 is 5.85. The van der Waals surface area contributed by atoms with E-state index in [0.717, 1.165) is 31.0 Å². The molecule has 2 heterocycles. The first-order chi connectivity index (χ1) is 9.61. The largest absolute Gasteiger partial charge is 1.00 e. The highest BCUT2D eigenvalue weighted by atomic mass is 35.5. The third-order valence-electron chi connectivity index (χ3n) is 3.26. The highest BCUT2D eigenvalue weighted by molar-refractivity contribution is 5.85. The van der Waals surface area contributed by atoms with Crippen LogP contribution in [0.3, 0.4) is 0 Å². The van der Waals surface area contributed by atoms with Gasteiger partial charge in [-0.3, -0.25) is 4.68 Å². The summed E-state index contributed by atoms with van der Waals surface area (Å²) >= 11 is 0. The number of anilines is 2. The molecule has 9 heteroatoms. The van der Waals surface area contributed by atoms with Gasteiger partial charge in [0.2, 0.25) is 6.33 Å². The molecule has 0 bridgehead atoms. The molecule has 4 N–H and O–H groups in total. The van der Waals surface area contributed by atoms with E-state index in [0.29, 0.717) is 12.2 Å². The molecule has 2 aromatic rings. The highest BCUT2D eigenvalue weighted by Gasteiger charge is 2.09. The van der Waals surface area contributed by atoms with E-state index >= 15 is 0 Å². The van der Waals surface area contributed by atoms with Crippen molar-refractivity contribution in [2.24, 2.45) is 7.05 Å². The molecule has 2 aromatic heterocycles. The number of nitrogens with zero attached hydrogens (tertiary/aromatic N) is 4. The van der Waals surface area contributed by atoms with Crippen molar-refractivity contribution >= 4 is 23.9 Å². The van der Waals surface area contributed by atoms with Crippen LogP contribution in [0.4, 0.5) is 11.5 Å². The summed E-state index contributed by atoms with van der Waals surface area (Å²) in [6, 6.07) is 0. The molecule has 0 saturated carbocycles. The van der Waals surface area contributed by atoms with Crippen LogP contribution >= 0.6 is 12.4 Å². The molecule has 0 radical (unpaired) electrons. The third-order valence-corrected chi connectivity index (χ3v) is 3.26. The second-order valence-corrected chi connectivity index (χ2v) is 4.86. The van der Waals surface area contributed by atoms with Gasteiger partial charge in [-0.2, -0.15) is 5.10 Å². The maximum Gasteiger partial charge on any atom is 0.243 e. The first kappa shape index (κ1) is 20.6. The number of nitrogens with two attached hydrogens (primary N) is 1. The minimum Gasteiger partial charge on any atom is -1.00 e. The molecule has 126 valence electrons. The van der Waals surface area contributed by atoms with Crippen molar-refractivity contribution in [3.63, 3.8) is 0 Å². The Labute approximate surface area is 142 Å². The van der Waals surface area contributed by atoms with Crippen molar-refractivity contribution < 1.29 is 22.1 Å². The fourth-order valence-corrected chi connectivity index (χ4v) is 2.17. The van der Waals surface area contributed by atoms with E-state index in [-0.39, 0.29) is 31.4 Å². The van der Waals surface area contributed by atoms with Gasteiger partial charge in [-0.25, -0.2) is 9.13 Å². The highest BCUT2D eigenvalue weighted by Crippen LogP contribution is 2.20. The van der Waals surface area contributed by atoms with E-state index in [1.165, 1.54) is 0 Å². The summed E-state index contributed by atoms with van der Waals surface area (Å²) in [5, 5.41) is 16.5. The molecule has 7 nitrogen and oxygen atoms in total. The lowest BCUT2D eigenvalue weighted by molar-refractivity contribution is -0.696. The number of halogens is 2. The Morgan fingerprint density at radius 1 is 1.45 bits per heavy atom. The summed E-state index contributed by atoms with van der Waals surface area (Å²) in [7, 11) is 1.88. The van der Waals surface area contributed by atoms with Gasteiger partial charge >= 0.3 is 0 Å². The van der Waals surface area contributed by atoms with Crippen molar-refractivity contribution in [2.75, 3.05) is 24.2 Å². The van der Waals surface area contributed by atoms with Crippen LogP contribution in [0.15, 0.2) is 18.7 Å². The second-order valence-electron chi connectivity index (χ2n) is 4.86. The van der Waals surface area contributed by atoms with E-state index in [9.17, 15) is 0 Å². The predicted octanol–water partition coefficient (Wildman–Crippen LogP) is -2.68. The molecule has 0 unspecified atom stereocenters. The molecule has 22 heavy (non-hydrogen) atoms. The minimum atomic E-state index is 0. The molecule has 0 saturated heterocycles. The summed E-state index contributed by atoms with van der Waals surface area (Å²) in [4.78, 5) is 0. The van der Waals surface area contributed by atoms with Crippen LogP contribution < -0.4 is 28.0 Å². The fraction of sp³-hybridized carbons (Fsp3) is 0.538. The molecule has 0 aromatic carbocycles. The average Bonchev–Trinajstić information content (AvgIpc) is 2.94. The van der Waals surface area contributed by atoms with E-state index < -0.39 is 0 Å². The van der Waals surface area contributed by atoms with E-state index in [1.54, 1.807) is 4.68 Å². The molecular formula is C13H24Cl2N6O. The molecule has 0 amide bonds. The van der Waals surface area contributed by atoms with E-state index in [4.69, 9.17) is 10.8 Å². The molecule has 0 aliphatic rings. The van der Waals surface area contributed by atoms with E-state index in [1.807, 2.05) is 37.3 Å². The minimum absolute atomic E-state index is 0. The summed E-state index contributed by atoms with van der Waals surface area (Å²) in [5.74, 6) is 0.880. The monoisotopic (exact) mass is 350 g/mol. The first-order valence-electron chi connectivity index (χ1n) is 6.80. The predicted molar refractivity (Wildman–Crippen MR) is 84.4 cm³/mol. The van der Waals surface area contributed by atoms with Gasteiger partial charge in [0.15, 0.2) is 0 Å². The number of hydrogen-bond donors (Lipinski definition) is 3. The number of aliphatic hydroxyl groups is 1. The van der Waals surface area contributed by atoms with Crippen LogP contribution in [0, 0.1) is 6.92 Å². The number of aromatic nitrogens is 4. The van der Waals surface area contributed by atoms with Gasteiger partial charge in [0, 0.05) is 20.0 Å². The number of nitrogens with one attached hydrogen (secondary N) is 1.